The predicted octanol–water partition coefficient (Wildman–Crippen LogP) is 3.00. The van der Waals surface area contributed by atoms with Crippen LogP contribution in [0.5, 0.6) is 0 Å². The van der Waals surface area contributed by atoms with Gasteiger partial charge in [-0.25, -0.2) is 0 Å². The van der Waals surface area contributed by atoms with Crippen molar-refractivity contribution in [1.82, 2.24) is 9.78 Å². The van der Waals surface area contributed by atoms with E-state index in [1.54, 1.807) is 0 Å². The minimum Gasteiger partial charge on any atom is -0.323 e. The lowest BCUT2D eigenvalue weighted by atomic mass is 10.0. The summed E-state index contributed by atoms with van der Waals surface area (Å²) in [7, 11) is 0. The average molecular weight is 209 g/mol. The van der Waals surface area contributed by atoms with E-state index in [1.165, 1.54) is 5.69 Å². The van der Waals surface area contributed by atoms with Gasteiger partial charge in [-0.2, -0.15) is 5.10 Å². The molecule has 0 fully saturated rings. The van der Waals surface area contributed by atoms with Crippen LogP contribution in [0, 0.1) is 0 Å². The molecule has 2 atom stereocenters. The van der Waals surface area contributed by atoms with Crippen molar-refractivity contribution in [2.45, 2.75) is 59.0 Å². The van der Waals surface area contributed by atoms with Crippen molar-refractivity contribution in [3.8, 4) is 0 Å². The third-order valence-electron chi connectivity index (χ3n) is 2.86. The smallest absolute Gasteiger partial charge is 0.0656 e. The Morgan fingerprint density at radius 3 is 2.27 bits per heavy atom. The Labute approximate surface area is 92.7 Å². The first-order chi connectivity index (χ1) is 6.97. The van der Waals surface area contributed by atoms with E-state index in [2.05, 4.69) is 38.9 Å². The van der Waals surface area contributed by atoms with Crippen molar-refractivity contribution in [2.75, 3.05) is 0 Å². The zero-order valence-electron chi connectivity index (χ0n) is 10.5. The van der Waals surface area contributed by atoms with Crippen LogP contribution in [0.15, 0.2) is 6.07 Å². The molecule has 1 aromatic heterocycles. The minimum absolute atomic E-state index is 0.0534. The Morgan fingerprint density at radius 2 is 1.93 bits per heavy atom. The summed E-state index contributed by atoms with van der Waals surface area (Å²) in [5.74, 6) is 0.516. The molecule has 0 radical (unpaired) electrons. The summed E-state index contributed by atoms with van der Waals surface area (Å²) in [6.07, 6.45) is 1.12. The highest BCUT2D eigenvalue weighted by Gasteiger charge is 2.16. The van der Waals surface area contributed by atoms with Crippen molar-refractivity contribution >= 4 is 0 Å². The number of nitrogens with two attached hydrogens (primary N) is 1. The van der Waals surface area contributed by atoms with E-state index in [0.29, 0.717) is 12.0 Å². The van der Waals surface area contributed by atoms with Gasteiger partial charge in [-0.3, -0.25) is 4.68 Å². The van der Waals surface area contributed by atoms with Crippen molar-refractivity contribution in [3.05, 3.63) is 17.5 Å². The lowest BCUT2D eigenvalue weighted by molar-refractivity contribution is 0.486. The Kier molecular flexibility index (Phi) is 3.91. The van der Waals surface area contributed by atoms with Gasteiger partial charge in [-0.05, 0) is 39.2 Å². The van der Waals surface area contributed by atoms with Crippen LogP contribution in [0.2, 0.25) is 0 Å². The molecule has 86 valence electrons. The maximum Gasteiger partial charge on any atom is 0.0656 e. The number of hydrogen-bond acceptors (Lipinski definition) is 2. The molecular formula is C12H23N3. The molecular weight excluding hydrogens is 186 g/mol. The second kappa shape index (κ2) is 4.79. The molecule has 1 unspecified atom stereocenters. The summed E-state index contributed by atoms with van der Waals surface area (Å²) in [6.45, 7) is 10.7. The molecule has 0 aromatic carbocycles. The first-order valence-corrected chi connectivity index (χ1v) is 5.82. The number of rotatable bonds is 4. The van der Waals surface area contributed by atoms with E-state index in [-0.39, 0.29) is 6.04 Å². The van der Waals surface area contributed by atoms with Crippen LogP contribution in [0.1, 0.15) is 70.4 Å². The normalized spacial score (nSPS) is 15.7. The average Bonchev–Trinajstić information content (AvgIpc) is 2.61. The fourth-order valence-electron chi connectivity index (χ4n) is 1.63. The van der Waals surface area contributed by atoms with Gasteiger partial charge in [0.2, 0.25) is 0 Å². The molecule has 3 heteroatoms. The highest BCUT2D eigenvalue weighted by atomic mass is 15.3. The maximum atomic E-state index is 5.95. The van der Waals surface area contributed by atoms with Gasteiger partial charge in [-0.15, -0.1) is 0 Å². The molecule has 0 bridgehead atoms. The van der Waals surface area contributed by atoms with E-state index in [0.717, 1.165) is 12.1 Å². The molecule has 0 aliphatic heterocycles. The molecule has 0 saturated carbocycles. The standard InChI is InChI=1S/C12H23N3/c1-6-9(4)11-7-12(10(5)13)15(14-11)8(2)3/h7-10H,6,13H2,1-5H3/t9?,10-/m1/s1. The van der Waals surface area contributed by atoms with Crippen LogP contribution >= 0.6 is 0 Å². The van der Waals surface area contributed by atoms with E-state index in [9.17, 15) is 0 Å². The first-order valence-electron chi connectivity index (χ1n) is 5.82. The molecule has 15 heavy (non-hydrogen) atoms. The Balaban J connectivity index is 3.09. The molecule has 3 nitrogen and oxygen atoms in total. The summed E-state index contributed by atoms with van der Waals surface area (Å²) in [4.78, 5) is 0. The van der Waals surface area contributed by atoms with Crippen molar-refractivity contribution in [1.29, 1.82) is 0 Å². The van der Waals surface area contributed by atoms with Gasteiger partial charge in [0, 0.05) is 12.1 Å². The molecule has 0 saturated heterocycles. The summed E-state index contributed by atoms with van der Waals surface area (Å²) in [5, 5.41) is 4.64. The second-order valence-electron chi connectivity index (χ2n) is 4.63. The van der Waals surface area contributed by atoms with Crippen LogP contribution in [-0.4, -0.2) is 9.78 Å². The molecule has 0 amide bonds. The molecule has 1 heterocycles. The molecule has 1 aromatic rings. The zero-order valence-corrected chi connectivity index (χ0v) is 10.5. The van der Waals surface area contributed by atoms with Crippen molar-refractivity contribution in [3.63, 3.8) is 0 Å². The predicted molar refractivity (Wildman–Crippen MR) is 63.9 cm³/mol. The molecule has 1 rings (SSSR count). The van der Waals surface area contributed by atoms with Crippen LogP contribution in [0.3, 0.4) is 0 Å². The Morgan fingerprint density at radius 1 is 1.33 bits per heavy atom. The van der Waals surface area contributed by atoms with Crippen LogP contribution in [0.4, 0.5) is 0 Å². The molecule has 0 spiro atoms. The Bertz CT molecular complexity index is 287. The highest BCUT2D eigenvalue weighted by molar-refractivity contribution is 5.17. The second-order valence-corrected chi connectivity index (χ2v) is 4.63. The monoisotopic (exact) mass is 209 g/mol. The minimum atomic E-state index is 0.0534. The summed E-state index contributed by atoms with van der Waals surface area (Å²) in [5.41, 5.74) is 8.25. The van der Waals surface area contributed by atoms with Gasteiger partial charge in [0.25, 0.3) is 0 Å². The van der Waals surface area contributed by atoms with Crippen LogP contribution < -0.4 is 5.73 Å². The van der Waals surface area contributed by atoms with Gasteiger partial charge >= 0.3 is 0 Å². The van der Waals surface area contributed by atoms with E-state index in [1.807, 2.05) is 11.6 Å². The van der Waals surface area contributed by atoms with Gasteiger partial charge < -0.3 is 5.73 Å². The third kappa shape index (κ3) is 2.59. The zero-order chi connectivity index (χ0) is 11.6. The van der Waals surface area contributed by atoms with Crippen molar-refractivity contribution in [2.24, 2.45) is 5.73 Å². The molecule has 0 aliphatic rings. The maximum absolute atomic E-state index is 5.95. The summed E-state index contributed by atoms with van der Waals surface area (Å²) >= 11 is 0. The Hall–Kier alpha value is -0.830. The van der Waals surface area contributed by atoms with Gasteiger partial charge in [0.05, 0.1) is 11.4 Å². The van der Waals surface area contributed by atoms with Crippen LogP contribution in [-0.2, 0) is 0 Å². The highest BCUT2D eigenvalue weighted by Crippen LogP contribution is 2.23. The van der Waals surface area contributed by atoms with E-state index in [4.69, 9.17) is 5.73 Å². The number of hydrogen-bond donors (Lipinski definition) is 1. The van der Waals surface area contributed by atoms with E-state index < -0.39 is 0 Å². The third-order valence-corrected chi connectivity index (χ3v) is 2.86. The summed E-state index contributed by atoms with van der Waals surface area (Å²) < 4.78 is 2.05. The quantitative estimate of drug-likeness (QED) is 0.828. The number of aromatic nitrogens is 2. The van der Waals surface area contributed by atoms with Crippen molar-refractivity contribution < 1.29 is 0 Å². The first kappa shape index (κ1) is 12.2. The van der Waals surface area contributed by atoms with Crippen LogP contribution in [0.25, 0.3) is 0 Å². The summed E-state index contributed by atoms with van der Waals surface area (Å²) in [6, 6.07) is 2.58. The molecule has 2 N–H and O–H groups in total. The van der Waals surface area contributed by atoms with E-state index >= 15 is 0 Å². The fourth-order valence-corrected chi connectivity index (χ4v) is 1.63. The SMILES string of the molecule is CCC(C)c1cc([C@@H](C)N)n(C(C)C)n1. The van der Waals surface area contributed by atoms with Gasteiger partial charge in [0.15, 0.2) is 0 Å². The molecule has 0 aliphatic carbocycles. The van der Waals surface area contributed by atoms with Gasteiger partial charge in [-0.1, -0.05) is 13.8 Å². The fraction of sp³-hybridized carbons (Fsp3) is 0.750. The van der Waals surface area contributed by atoms with Gasteiger partial charge in [0.1, 0.15) is 0 Å². The lowest BCUT2D eigenvalue weighted by Crippen LogP contribution is -2.14. The topological polar surface area (TPSA) is 43.8 Å². The largest absolute Gasteiger partial charge is 0.323 e. The number of nitrogens with zero attached hydrogens (tertiary/aromatic N) is 2. The lowest BCUT2D eigenvalue weighted by Gasteiger charge is -2.12.